The highest BCUT2D eigenvalue weighted by atomic mass is 32.1. The van der Waals surface area contributed by atoms with E-state index in [-0.39, 0.29) is 18.4 Å². The largest absolute Gasteiger partial charge is 0.381 e. The molecular weight excluding hydrogens is 402 g/mol. The van der Waals surface area contributed by atoms with Gasteiger partial charge in [0.25, 0.3) is 5.91 Å². The lowest BCUT2D eigenvalue weighted by Gasteiger charge is -2.33. The van der Waals surface area contributed by atoms with Crippen molar-refractivity contribution in [3.05, 3.63) is 41.5 Å². The maximum atomic E-state index is 12.8. The van der Waals surface area contributed by atoms with Gasteiger partial charge in [-0.15, -0.1) is 11.3 Å². The normalized spacial score (nSPS) is 16.9. The van der Waals surface area contributed by atoms with E-state index in [1.807, 2.05) is 18.2 Å². The van der Waals surface area contributed by atoms with Gasteiger partial charge in [0.05, 0.1) is 33.5 Å². The van der Waals surface area contributed by atoms with E-state index in [1.165, 1.54) is 6.20 Å². The van der Waals surface area contributed by atoms with E-state index < -0.39 is 0 Å². The number of amides is 2. The van der Waals surface area contributed by atoms with Crippen molar-refractivity contribution in [2.24, 2.45) is 5.92 Å². The first-order valence-corrected chi connectivity index (χ1v) is 10.8. The summed E-state index contributed by atoms with van der Waals surface area (Å²) < 4.78 is 6.50. The summed E-state index contributed by atoms with van der Waals surface area (Å²) in [5.74, 6) is 0.726. The third-order valence-corrected chi connectivity index (χ3v) is 6.31. The smallest absolute Gasteiger partial charge is 0.257 e. The summed E-state index contributed by atoms with van der Waals surface area (Å²) in [5, 5.41) is 5.95. The number of anilines is 3. The summed E-state index contributed by atoms with van der Waals surface area (Å²) >= 11 is 1.56. The number of ether oxygens (including phenoxy) is 1. The van der Waals surface area contributed by atoms with E-state index in [0.717, 1.165) is 36.3 Å². The minimum atomic E-state index is -0.274. The standard InChI is InChI=1S/C21H21N5O3S/c27-19-10-23-20-17(26(19)11-13-3-5-29-6-4-13)7-14(9-22-20)21(28)25-15-1-2-18-16(8-15)24-12-30-18/h1-2,7-9,12-13H,3-6,10-11H2,(H,22,23)(H,25,28). The minimum Gasteiger partial charge on any atom is -0.381 e. The van der Waals surface area contributed by atoms with E-state index in [2.05, 4.69) is 20.6 Å². The fourth-order valence-electron chi connectivity index (χ4n) is 3.83. The number of rotatable bonds is 4. The molecule has 0 unspecified atom stereocenters. The van der Waals surface area contributed by atoms with Gasteiger partial charge in [-0.05, 0) is 43.0 Å². The highest BCUT2D eigenvalue weighted by Gasteiger charge is 2.29. The number of hydrogen-bond donors (Lipinski definition) is 2. The van der Waals surface area contributed by atoms with Crippen molar-refractivity contribution in [1.82, 2.24) is 9.97 Å². The lowest BCUT2D eigenvalue weighted by Crippen LogP contribution is -2.44. The second-order valence-electron chi connectivity index (χ2n) is 7.49. The summed E-state index contributed by atoms with van der Waals surface area (Å²) in [7, 11) is 0. The Morgan fingerprint density at radius 2 is 2.13 bits per heavy atom. The monoisotopic (exact) mass is 423 g/mol. The van der Waals surface area contributed by atoms with Crippen molar-refractivity contribution >= 4 is 50.6 Å². The van der Waals surface area contributed by atoms with Crippen LogP contribution in [0.5, 0.6) is 0 Å². The lowest BCUT2D eigenvalue weighted by molar-refractivity contribution is -0.117. The van der Waals surface area contributed by atoms with Crippen molar-refractivity contribution in [1.29, 1.82) is 0 Å². The van der Waals surface area contributed by atoms with Crippen LogP contribution in [0.2, 0.25) is 0 Å². The van der Waals surface area contributed by atoms with Crippen molar-refractivity contribution in [3.63, 3.8) is 0 Å². The zero-order valence-electron chi connectivity index (χ0n) is 16.3. The van der Waals surface area contributed by atoms with Crippen LogP contribution in [-0.4, -0.2) is 48.1 Å². The molecule has 1 fully saturated rings. The molecule has 8 nitrogen and oxygen atoms in total. The first-order chi connectivity index (χ1) is 14.7. The van der Waals surface area contributed by atoms with Gasteiger partial charge in [0.2, 0.25) is 5.91 Å². The quantitative estimate of drug-likeness (QED) is 0.669. The molecular formula is C21H21N5O3S. The van der Waals surface area contributed by atoms with E-state index in [1.54, 1.807) is 27.8 Å². The predicted octanol–water partition coefficient (Wildman–Crippen LogP) is 3.13. The Kier molecular flexibility index (Phi) is 5.06. The molecule has 0 aliphatic carbocycles. The van der Waals surface area contributed by atoms with Crippen LogP contribution in [0.25, 0.3) is 10.2 Å². The Morgan fingerprint density at radius 3 is 3.00 bits per heavy atom. The number of nitrogens with one attached hydrogen (secondary N) is 2. The Hall–Kier alpha value is -3.04. The molecule has 0 bridgehead atoms. The summed E-state index contributed by atoms with van der Waals surface area (Å²) in [6, 6.07) is 7.37. The number of fused-ring (bicyclic) bond motifs is 2. The van der Waals surface area contributed by atoms with Crippen LogP contribution in [0.3, 0.4) is 0 Å². The molecule has 0 spiro atoms. The fourth-order valence-corrected chi connectivity index (χ4v) is 4.49. The average molecular weight is 423 g/mol. The summed E-state index contributed by atoms with van der Waals surface area (Å²) in [5.41, 5.74) is 4.35. The topological polar surface area (TPSA) is 96.5 Å². The first-order valence-electron chi connectivity index (χ1n) is 9.94. The molecule has 2 aromatic heterocycles. The van der Waals surface area contributed by atoms with E-state index in [9.17, 15) is 9.59 Å². The fraction of sp³-hybridized carbons (Fsp3) is 0.333. The van der Waals surface area contributed by atoms with Crippen LogP contribution in [0.4, 0.5) is 17.2 Å². The van der Waals surface area contributed by atoms with Crippen LogP contribution >= 0.6 is 11.3 Å². The molecule has 2 aliphatic heterocycles. The molecule has 1 saturated heterocycles. The number of nitrogens with zero attached hydrogens (tertiary/aromatic N) is 3. The molecule has 2 N–H and O–H groups in total. The van der Waals surface area contributed by atoms with Gasteiger partial charge in [-0.3, -0.25) is 9.59 Å². The Labute approximate surface area is 177 Å². The van der Waals surface area contributed by atoms with E-state index in [4.69, 9.17) is 4.74 Å². The SMILES string of the molecule is O=C(Nc1ccc2scnc2c1)c1cnc2c(c1)N(CC1CCOCC1)C(=O)CN2. The molecule has 154 valence electrons. The van der Waals surface area contributed by atoms with Crippen LogP contribution in [-0.2, 0) is 9.53 Å². The molecule has 2 amide bonds. The van der Waals surface area contributed by atoms with Gasteiger partial charge in [0, 0.05) is 31.6 Å². The molecule has 9 heteroatoms. The molecule has 0 radical (unpaired) electrons. The second kappa shape index (κ2) is 8.00. The molecule has 0 saturated carbocycles. The van der Waals surface area contributed by atoms with Crippen LogP contribution in [0.15, 0.2) is 36.0 Å². The molecule has 1 aromatic carbocycles. The maximum Gasteiger partial charge on any atom is 0.257 e. The number of carbonyl (C=O) groups excluding carboxylic acids is 2. The molecule has 4 heterocycles. The molecule has 30 heavy (non-hydrogen) atoms. The lowest BCUT2D eigenvalue weighted by atomic mass is 9.99. The van der Waals surface area contributed by atoms with Crippen molar-refractivity contribution in [2.75, 3.05) is 41.8 Å². The first kappa shape index (κ1) is 19.0. The highest BCUT2D eigenvalue weighted by molar-refractivity contribution is 7.16. The number of benzene rings is 1. The number of hydrogen-bond acceptors (Lipinski definition) is 7. The number of carbonyl (C=O) groups is 2. The third-order valence-electron chi connectivity index (χ3n) is 5.50. The highest BCUT2D eigenvalue weighted by Crippen LogP contribution is 2.31. The van der Waals surface area contributed by atoms with Gasteiger partial charge in [-0.25, -0.2) is 9.97 Å². The number of thiazole rings is 1. The Balaban J connectivity index is 1.38. The van der Waals surface area contributed by atoms with Gasteiger partial charge < -0.3 is 20.3 Å². The van der Waals surface area contributed by atoms with Crippen molar-refractivity contribution < 1.29 is 14.3 Å². The van der Waals surface area contributed by atoms with E-state index in [0.29, 0.717) is 35.2 Å². The summed E-state index contributed by atoms with van der Waals surface area (Å²) in [4.78, 5) is 35.9. The van der Waals surface area contributed by atoms with Crippen molar-refractivity contribution in [3.8, 4) is 0 Å². The molecule has 0 atom stereocenters. The van der Waals surface area contributed by atoms with Crippen molar-refractivity contribution in [2.45, 2.75) is 12.8 Å². The van der Waals surface area contributed by atoms with Gasteiger partial charge in [-0.2, -0.15) is 0 Å². The van der Waals surface area contributed by atoms with Crippen LogP contribution in [0.1, 0.15) is 23.2 Å². The molecule has 3 aromatic rings. The third kappa shape index (κ3) is 3.73. The van der Waals surface area contributed by atoms with Crippen LogP contribution in [0, 0.1) is 5.92 Å². The van der Waals surface area contributed by atoms with Gasteiger partial charge in [0.1, 0.15) is 5.82 Å². The maximum absolute atomic E-state index is 12.8. The van der Waals surface area contributed by atoms with Crippen LogP contribution < -0.4 is 15.5 Å². The number of pyridine rings is 1. The van der Waals surface area contributed by atoms with Gasteiger partial charge in [0.15, 0.2) is 0 Å². The van der Waals surface area contributed by atoms with Gasteiger partial charge in [-0.1, -0.05) is 0 Å². The summed E-state index contributed by atoms with van der Waals surface area (Å²) in [6.07, 6.45) is 3.39. The molecule has 5 rings (SSSR count). The van der Waals surface area contributed by atoms with E-state index >= 15 is 0 Å². The molecule has 2 aliphatic rings. The Morgan fingerprint density at radius 1 is 1.27 bits per heavy atom. The zero-order chi connectivity index (χ0) is 20.5. The Bertz CT molecular complexity index is 1110. The summed E-state index contributed by atoms with van der Waals surface area (Å²) in [6.45, 7) is 2.27. The zero-order valence-corrected chi connectivity index (χ0v) is 17.1. The second-order valence-corrected chi connectivity index (χ2v) is 8.38. The minimum absolute atomic E-state index is 0.0117. The average Bonchev–Trinajstić information content (AvgIpc) is 3.24. The number of aromatic nitrogens is 2. The van der Waals surface area contributed by atoms with Gasteiger partial charge >= 0.3 is 0 Å². The predicted molar refractivity (Wildman–Crippen MR) is 116 cm³/mol.